The Morgan fingerprint density at radius 1 is 0.411 bits per heavy atom. The predicted octanol–water partition coefficient (Wildman–Crippen LogP) is 13.2. The zero-order valence-electron chi connectivity index (χ0n) is 30.2. The second-order valence-electron chi connectivity index (χ2n) is 14.0. The highest BCUT2D eigenvalue weighted by molar-refractivity contribution is 6.25. The lowest BCUT2D eigenvalue weighted by Crippen LogP contribution is -1.96. The van der Waals surface area contributed by atoms with Crippen molar-refractivity contribution < 1.29 is 4.42 Å². The van der Waals surface area contributed by atoms with Crippen molar-refractivity contribution in [2.45, 2.75) is 0 Å². The van der Waals surface area contributed by atoms with Gasteiger partial charge in [0.15, 0.2) is 11.4 Å². The lowest BCUT2D eigenvalue weighted by Gasteiger charge is -2.13. The molecule has 11 aromatic rings. The molecule has 0 saturated heterocycles. The summed E-state index contributed by atoms with van der Waals surface area (Å²) in [5.41, 5.74) is 14.5. The van der Waals surface area contributed by atoms with Gasteiger partial charge in [-0.15, -0.1) is 0 Å². The topological polar surface area (TPSA) is 56.7 Å². The van der Waals surface area contributed by atoms with Crippen molar-refractivity contribution >= 4 is 43.9 Å². The summed E-state index contributed by atoms with van der Waals surface area (Å²) in [5.74, 6) is 0.695. The zero-order valence-corrected chi connectivity index (χ0v) is 30.2. The van der Waals surface area contributed by atoms with Gasteiger partial charge in [-0.1, -0.05) is 158 Å². The molecule has 0 amide bonds. The third-order valence-electron chi connectivity index (χ3n) is 10.6. The van der Waals surface area contributed by atoms with Crippen LogP contribution < -0.4 is 0 Å². The van der Waals surface area contributed by atoms with E-state index in [1.165, 1.54) is 0 Å². The van der Waals surface area contributed by atoms with E-state index in [1.54, 1.807) is 0 Å². The molecule has 4 aromatic heterocycles. The Kier molecular flexibility index (Phi) is 7.42. The number of aromatic nitrogens is 4. The van der Waals surface area contributed by atoms with E-state index in [9.17, 15) is 0 Å². The number of pyridine rings is 1. The van der Waals surface area contributed by atoms with E-state index in [2.05, 4.69) is 156 Å². The first-order valence-corrected chi connectivity index (χ1v) is 18.8. The molecular formula is C51H32N4O. The molecule has 11 rings (SSSR count). The molecule has 7 aromatic carbocycles. The minimum atomic E-state index is 0.695. The van der Waals surface area contributed by atoms with Crippen LogP contribution in [-0.4, -0.2) is 19.5 Å². The molecule has 0 spiro atoms. The molecular weight excluding hydrogens is 685 g/mol. The van der Waals surface area contributed by atoms with Crippen molar-refractivity contribution in [1.82, 2.24) is 19.5 Å². The molecule has 0 N–H and O–H groups in total. The Hall–Kier alpha value is -7.63. The number of para-hydroxylation sites is 3. The van der Waals surface area contributed by atoms with Gasteiger partial charge in [-0.2, -0.15) is 0 Å². The summed E-state index contributed by atoms with van der Waals surface area (Å²) >= 11 is 0. The number of benzene rings is 7. The highest BCUT2D eigenvalue weighted by Crippen LogP contribution is 2.45. The van der Waals surface area contributed by atoms with Crippen LogP contribution in [0, 0.1) is 0 Å². The van der Waals surface area contributed by atoms with Gasteiger partial charge in [0.25, 0.3) is 0 Å². The van der Waals surface area contributed by atoms with E-state index in [0.717, 1.165) is 100 Å². The predicted molar refractivity (Wildman–Crippen MR) is 229 cm³/mol. The monoisotopic (exact) mass is 716 g/mol. The average Bonchev–Trinajstić information content (AvgIpc) is 3.83. The van der Waals surface area contributed by atoms with Gasteiger partial charge in [0.1, 0.15) is 11.1 Å². The van der Waals surface area contributed by atoms with Gasteiger partial charge in [-0.3, -0.25) is 0 Å². The van der Waals surface area contributed by atoms with Crippen LogP contribution in [-0.2, 0) is 0 Å². The molecule has 4 heterocycles. The van der Waals surface area contributed by atoms with Gasteiger partial charge in [0.2, 0.25) is 0 Å². The maximum absolute atomic E-state index is 7.03. The molecule has 0 atom stereocenters. The van der Waals surface area contributed by atoms with Crippen molar-refractivity contribution in [3.63, 3.8) is 0 Å². The van der Waals surface area contributed by atoms with Crippen LogP contribution >= 0.6 is 0 Å². The number of rotatable bonds is 6. The summed E-state index contributed by atoms with van der Waals surface area (Å²) in [6, 6.07) is 67.0. The number of fused-ring (bicyclic) bond motifs is 7. The molecule has 0 unspecified atom stereocenters. The van der Waals surface area contributed by atoms with Crippen LogP contribution in [0.4, 0.5) is 0 Å². The largest absolute Gasteiger partial charge is 0.453 e. The average molecular weight is 717 g/mol. The standard InChI is InChI=1S/C51H32N4O/c1-5-16-34(17-6-1)42-32-43(53-51(52-42)37-20-9-3-10-21-37)35-30-28-33(29-31-35)39-25-15-26-41-47(39)54-46(36-18-7-2-8-19-36)45-48-50(56-49(41)45)40-24-13-14-27-44(40)55(48)38-22-11-4-12-23-38/h1-32H. The lowest BCUT2D eigenvalue weighted by molar-refractivity contribution is 0.676. The molecule has 0 aliphatic carbocycles. The van der Waals surface area contributed by atoms with E-state index >= 15 is 0 Å². The highest BCUT2D eigenvalue weighted by atomic mass is 16.3. The van der Waals surface area contributed by atoms with Gasteiger partial charge >= 0.3 is 0 Å². The Bertz CT molecular complexity index is 3150. The second-order valence-corrected chi connectivity index (χ2v) is 14.0. The summed E-state index contributed by atoms with van der Waals surface area (Å²) in [7, 11) is 0. The molecule has 5 nitrogen and oxygen atoms in total. The fourth-order valence-electron chi connectivity index (χ4n) is 8.00. The summed E-state index contributed by atoms with van der Waals surface area (Å²) < 4.78 is 9.35. The minimum Gasteiger partial charge on any atom is -0.453 e. The van der Waals surface area contributed by atoms with Crippen molar-refractivity contribution in [3.8, 4) is 62.0 Å². The lowest BCUT2D eigenvalue weighted by atomic mass is 9.97. The van der Waals surface area contributed by atoms with E-state index in [0.29, 0.717) is 5.82 Å². The van der Waals surface area contributed by atoms with Crippen LogP contribution in [0.3, 0.4) is 0 Å². The Labute approximate surface area is 322 Å². The Morgan fingerprint density at radius 2 is 0.964 bits per heavy atom. The molecule has 56 heavy (non-hydrogen) atoms. The van der Waals surface area contributed by atoms with E-state index in [4.69, 9.17) is 19.4 Å². The highest BCUT2D eigenvalue weighted by Gasteiger charge is 2.25. The Morgan fingerprint density at radius 3 is 1.66 bits per heavy atom. The smallest absolute Gasteiger partial charge is 0.161 e. The van der Waals surface area contributed by atoms with E-state index in [1.807, 2.05) is 42.5 Å². The third-order valence-corrected chi connectivity index (χ3v) is 10.6. The molecule has 262 valence electrons. The van der Waals surface area contributed by atoms with Crippen LogP contribution in [0.25, 0.3) is 106 Å². The first-order chi connectivity index (χ1) is 27.8. The molecule has 0 saturated carbocycles. The zero-order chi connectivity index (χ0) is 37.0. The van der Waals surface area contributed by atoms with Gasteiger partial charge in [-0.25, -0.2) is 15.0 Å². The van der Waals surface area contributed by atoms with Gasteiger partial charge in [-0.05, 0) is 42.0 Å². The summed E-state index contributed by atoms with van der Waals surface area (Å²) in [4.78, 5) is 15.6. The molecule has 0 aliphatic heterocycles. The van der Waals surface area contributed by atoms with Crippen LogP contribution in [0.5, 0.6) is 0 Å². The van der Waals surface area contributed by atoms with E-state index in [-0.39, 0.29) is 0 Å². The van der Waals surface area contributed by atoms with Crippen molar-refractivity contribution in [2.24, 2.45) is 0 Å². The summed E-state index contributed by atoms with van der Waals surface area (Å²) in [5, 5.41) is 3.03. The SMILES string of the molecule is c1ccc(-c2cc(-c3ccc(-c4cccc5c4nc(-c4ccccc4)c4c5oc5c6ccccc6n(-c6ccccc6)c54)cc3)nc(-c3ccccc3)n2)cc1. The van der Waals surface area contributed by atoms with Crippen LogP contribution in [0.1, 0.15) is 0 Å². The van der Waals surface area contributed by atoms with Gasteiger partial charge in [0.05, 0.1) is 33.5 Å². The van der Waals surface area contributed by atoms with Gasteiger partial charge < -0.3 is 8.98 Å². The normalized spacial score (nSPS) is 11.6. The maximum Gasteiger partial charge on any atom is 0.161 e. The molecule has 5 heteroatoms. The van der Waals surface area contributed by atoms with Gasteiger partial charge in [0, 0.05) is 44.3 Å². The number of hydrogen-bond donors (Lipinski definition) is 0. The van der Waals surface area contributed by atoms with E-state index < -0.39 is 0 Å². The summed E-state index contributed by atoms with van der Waals surface area (Å²) in [6.45, 7) is 0. The third kappa shape index (κ3) is 5.21. The minimum absolute atomic E-state index is 0.695. The Balaban J connectivity index is 1.11. The number of hydrogen-bond acceptors (Lipinski definition) is 4. The fraction of sp³-hybridized carbons (Fsp3) is 0. The quantitative estimate of drug-likeness (QED) is 0.172. The molecule has 0 radical (unpaired) electrons. The first kappa shape index (κ1) is 31.9. The van der Waals surface area contributed by atoms with Crippen molar-refractivity contribution in [3.05, 3.63) is 194 Å². The summed E-state index contributed by atoms with van der Waals surface area (Å²) in [6.07, 6.45) is 0. The van der Waals surface area contributed by atoms with Crippen molar-refractivity contribution in [2.75, 3.05) is 0 Å². The number of nitrogens with zero attached hydrogens (tertiary/aromatic N) is 4. The molecule has 0 bridgehead atoms. The molecule has 0 fully saturated rings. The number of furan rings is 1. The second kappa shape index (κ2) is 13.0. The maximum atomic E-state index is 7.03. The van der Waals surface area contributed by atoms with Crippen LogP contribution in [0.2, 0.25) is 0 Å². The van der Waals surface area contributed by atoms with Crippen molar-refractivity contribution in [1.29, 1.82) is 0 Å². The van der Waals surface area contributed by atoms with Crippen LogP contribution in [0.15, 0.2) is 199 Å². The molecule has 0 aliphatic rings. The fourth-order valence-corrected chi connectivity index (χ4v) is 8.00. The first-order valence-electron chi connectivity index (χ1n) is 18.8.